The summed E-state index contributed by atoms with van der Waals surface area (Å²) >= 11 is 0. The number of carbonyl (C=O) groups is 1. The van der Waals surface area contributed by atoms with E-state index in [2.05, 4.69) is 12.2 Å². The number of amides is 1. The number of benzene rings is 1. The molecule has 0 heterocycles. The average molecular weight is 282 g/mol. The first-order valence-electron chi connectivity index (χ1n) is 6.65. The van der Waals surface area contributed by atoms with Crippen LogP contribution in [0, 0.1) is 5.92 Å². The van der Waals surface area contributed by atoms with E-state index >= 15 is 0 Å². The van der Waals surface area contributed by atoms with Gasteiger partial charge in [0.1, 0.15) is 11.0 Å². The van der Waals surface area contributed by atoms with Gasteiger partial charge < -0.3 is 5.32 Å². The highest BCUT2D eigenvalue weighted by molar-refractivity contribution is 7.82. The highest BCUT2D eigenvalue weighted by atomic mass is 32.2. The van der Waals surface area contributed by atoms with E-state index in [-0.39, 0.29) is 11.8 Å². The highest BCUT2D eigenvalue weighted by Crippen LogP contribution is 2.17. The molecule has 0 radical (unpaired) electrons. The van der Waals surface area contributed by atoms with Crippen molar-refractivity contribution in [2.75, 3.05) is 5.32 Å². The maximum atomic E-state index is 12.1. The molecule has 106 valence electrons. The molecule has 0 aromatic heterocycles. The maximum absolute atomic E-state index is 12.1. The zero-order chi connectivity index (χ0) is 14.3. The molecule has 0 bridgehead atoms. The molecule has 1 amide bonds. The summed E-state index contributed by atoms with van der Waals surface area (Å²) in [5, 5.41) is 8.16. The van der Waals surface area contributed by atoms with Crippen molar-refractivity contribution in [1.82, 2.24) is 0 Å². The van der Waals surface area contributed by atoms with Crippen LogP contribution in [0.3, 0.4) is 0 Å². The molecule has 0 saturated carbocycles. The lowest BCUT2D eigenvalue weighted by atomic mass is 9.98. The number of anilines is 1. The second kappa shape index (κ2) is 8.07. The van der Waals surface area contributed by atoms with Gasteiger partial charge in [-0.15, -0.1) is 0 Å². The van der Waals surface area contributed by atoms with Crippen molar-refractivity contribution in [3.63, 3.8) is 0 Å². The van der Waals surface area contributed by atoms with Gasteiger partial charge in [-0.25, -0.2) is 9.35 Å². The molecule has 5 heteroatoms. The Bertz CT molecular complexity index is 432. The fraction of sp³-hybridized carbons (Fsp3) is 0.500. The fourth-order valence-electron chi connectivity index (χ4n) is 1.89. The molecule has 19 heavy (non-hydrogen) atoms. The Morgan fingerprint density at radius 2 is 1.95 bits per heavy atom. The Kier molecular flexibility index (Phi) is 6.73. The smallest absolute Gasteiger partial charge is 0.227 e. The predicted octanol–water partition coefficient (Wildman–Crippen LogP) is 2.82. The van der Waals surface area contributed by atoms with E-state index in [9.17, 15) is 9.00 Å². The Hall–Kier alpha value is -1.20. The minimum Gasteiger partial charge on any atom is -0.326 e. The van der Waals surface area contributed by atoms with Crippen molar-refractivity contribution in [2.45, 2.75) is 44.4 Å². The molecule has 0 fully saturated rings. The summed E-state index contributed by atoms with van der Waals surface area (Å²) in [6.45, 7) is 4.15. The Morgan fingerprint density at radius 3 is 2.42 bits per heavy atom. The number of hydrogen-bond donors (Lipinski definition) is 2. The number of unbranched alkanes of at least 4 members (excludes halogenated alkanes) is 1. The first-order valence-corrected chi connectivity index (χ1v) is 7.86. The van der Waals surface area contributed by atoms with Crippen LogP contribution in [0.5, 0.6) is 0 Å². The van der Waals surface area contributed by atoms with E-state index in [0.717, 1.165) is 25.7 Å². The molecule has 3 N–H and O–H groups in total. The summed E-state index contributed by atoms with van der Waals surface area (Å²) < 4.78 is 11.1. The first-order chi connectivity index (χ1) is 9.08. The van der Waals surface area contributed by atoms with Crippen LogP contribution in [-0.2, 0) is 15.8 Å². The summed E-state index contributed by atoms with van der Waals surface area (Å²) in [7, 11) is -1.48. The van der Waals surface area contributed by atoms with Gasteiger partial charge in [0, 0.05) is 11.6 Å². The van der Waals surface area contributed by atoms with Gasteiger partial charge in [-0.1, -0.05) is 26.7 Å². The third-order valence-corrected chi connectivity index (χ3v) is 3.86. The third kappa shape index (κ3) is 5.12. The molecule has 4 nitrogen and oxygen atoms in total. The lowest BCUT2D eigenvalue weighted by Crippen LogP contribution is -2.22. The van der Waals surface area contributed by atoms with Crippen molar-refractivity contribution in [1.29, 1.82) is 0 Å². The summed E-state index contributed by atoms with van der Waals surface area (Å²) in [4.78, 5) is 12.6. The number of nitrogens with one attached hydrogen (secondary N) is 1. The van der Waals surface area contributed by atoms with Crippen molar-refractivity contribution in [3.8, 4) is 0 Å². The second-order valence-corrected chi connectivity index (χ2v) is 5.62. The summed E-state index contributed by atoms with van der Waals surface area (Å²) in [6, 6.07) is 6.78. The topological polar surface area (TPSA) is 72.2 Å². The molecule has 2 unspecified atom stereocenters. The zero-order valence-corrected chi connectivity index (χ0v) is 12.3. The normalized spacial score (nSPS) is 13.8. The van der Waals surface area contributed by atoms with Gasteiger partial charge in [-0.2, -0.15) is 0 Å². The second-order valence-electron chi connectivity index (χ2n) is 4.56. The summed E-state index contributed by atoms with van der Waals surface area (Å²) in [5.41, 5.74) is 0.717. The van der Waals surface area contributed by atoms with Crippen LogP contribution in [0.15, 0.2) is 29.2 Å². The predicted molar refractivity (Wildman–Crippen MR) is 79.0 cm³/mol. The van der Waals surface area contributed by atoms with Crippen molar-refractivity contribution < 1.29 is 9.00 Å². The van der Waals surface area contributed by atoms with E-state index in [1.54, 1.807) is 24.3 Å². The minimum atomic E-state index is -1.48. The minimum absolute atomic E-state index is 0.0533. The molecule has 1 aromatic carbocycles. The van der Waals surface area contributed by atoms with E-state index in [1.165, 1.54) is 0 Å². The van der Waals surface area contributed by atoms with Crippen LogP contribution in [0.4, 0.5) is 5.69 Å². The van der Waals surface area contributed by atoms with Gasteiger partial charge in [-0.3, -0.25) is 4.79 Å². The molecular weight excluding hydrogens is 260 g/mol. The summed E-state index contributed by atoms with van der Waals surface area (Å²) in [5.74, 6) is 0.112. The van der Waals surface area contributed by atoms with Gasteiger partial charge in [-0.05, 0) is 37.1 Å². The van der Waals surface area contributed by atoms with Crippen LogP contribution in [0.2, 0.25) is 0 Å². The Morgan fingerprint density at radius 1 is 1.32 bits per heavy atom. The Balaban J connectivity index is 2.62. The van der Waals surface area contributed by atoms with Crippen LogP contribution < -0.4 is 10.5 Å². The third-order valence-electron chi connectivity index (χ3n) is 3.12. The number of nitrogens with two attached hydrogens (primary N) is 1. The van der Waals surface area contributed by atoms with Crippen LogP contribution >= 0.6 is 0 Å². The molecule has 1 aromatic rings. The van der Waals surface area contributed by atoms with Gasteiger partial charge in [0.2, 0.25) is 5.91 Å². The largest absolute Gasteiger partial charge is 0.326 e. The number of rotatable bonds is 7. The van der Waals surface area contributed by atoms with Crippen molar-refractivity contribution >= 4 is 22.6 Å². The molecule has 0 aliphatic carbocycles. The molecule has 0 saturated heterocycles. The van der Waals surface area contributed by atoms with Crippen LogP contribution in [0.1, 0.15) is 39.5 Å². The zero-order valence-electron chi connectivity index (χ0n) is 11.5. The SMILES string of the molecule is CCCCC(CC)C(=O)Nc1ccc(S(N)=O)cc1. The van der Waals surface area contributed by atoms with Gasteiger partial charge in [0.15, 0.2) is 0 Å². The highest BCUT2D eigenvalue weighted by Gasteiger charge is 2.15. The first kappa shape index (κ1) is 15.9. The number of hydrogen-bond acceptors (Lipinski definition) is 2. The van der Waals surface area contributed by atoms with E-state index in [0.29, 0.717) is 10.6 Å². The molecular formula is C14H22N2O2S. The van der Waals surface area contributed by atoms with Gasteiger partial charge in [0.05, 0.1) is 4.90 Å². The van der Waals surface area contributed by atoms with Crippen LogP contribution in [0.25, 0.3) is 0 Å². The lowest BCUT2D eigenvalue weighted by Gasteiger charge is -2.14. The van der Waals surface area contributed by atoms with Crippen LogP contribution in [-0.4, -0.2) is 10.1 Å². The Labute approximate surface area is 117 Å². The van der Waals surface area contributed by atoms with Gasteiger partial charge in [0.25, 0.3) is 0 Å². The monoisotopic (exact) mass is 282 g/mol. The van der Waals surface area contributed by atoms with Crippen molar-refractivity contribution in [3.05, 3.63) is 24.3 Å². The number of carbonyl (C=O) groups excluding carboxylic acids is 1. The standard InChI is InChI=1S/C14H22N2O2S/c1-3-5-6-11(4-2)14(17)16-12-7-9-13(10-8-12)19(15)18/h7-11H,3-6,15H2,1-2H3,(H,16,17). The lowest BCUT2D eigenvalue weighted by molar-refractivity contribution is -0.120. The van der Waals surface area contributed by atoms with Gasteiger partial charge >= 0.3 is 0 Å². The molecule has 0 spiro atoms. The van der Waals surface area contributed by atoms with Crippen molar-refractivity contribution in [2.24, 2.45) is 11.1 Å². The molecule has 0 aliphatic heterocycles. The van der Waals surface area contributed by atoms with E-state index < -0.39 is 11.0 Å². The quantitative estimate of drug-likeness (QED) is 0.807. The molecule has 0 aliphatic rings. The molecule has 1 rings (SSSR count). The fourth-order valence-corrected chi connectivity index (χ4v) is 2.29. The maximum Gasteiger partial charge on any atom is 0.227 e. The van der Waals surface area contributed by atoms with E-state index in [4.69, 9.17) is 5.14 Å². The molecule has 2 atom stereocenters. The summed E-state index contributed by atoms with van der Waals surface area (Å²) in [6.07, 6.45) is 3.93. The average Bonchev–Trinajstić information content (AvgIpc) is 2.40. The van der Waals surface area contributed by atoms with E-state index in [1.807, 2.05) is 6.92 Å².